The van der Waals surface area contributed by atoms with Gasteiger partial charge in [-0.05, 0) is 63.0 Å². The van der Waals surface area contributed by atoms with Crippen molar-refractivity contribution < 1.29 is 0 Å². The molecule has 0 bridgehead atoms. The monoisotopic (exact) mass is 446 g/mol. The van der Waals surface area contributed by atoms with Gasteiger partial charge in [-0.3, -0.25) is 4.57 Å². The minimum absolute atomic E-state index is 0.951. The molecule has 6 aromatic carbocycles. The van der Waals surface area contributed by atoms with Crippen LogP contribution in [0, 0.1) is 0 Å². The summed E-state index contributed by atoms with van der Waals surface area (Å²) >= 11 is 0. The molecule has 0 radical (unpaired) electrons. The Kier molecular flexibility index (Phi) is 4.49. The Balaban J connectivity index is 1.43. The second kappa shape index (κ2) is 7.96. The Labute approximate surface area is 203 Å². The lowest BCUT2D eigenvalue weighted by molar-refractivity contribution is 1.10. The molecule has 1 heterocycles. The van der Waals surface area contributed by atoms with E-state index in [1.807, 2.05) is 12.1 Å². The summed E-state index contributed by atoms with van der Waals surface area (Å²) in [6, 6.07) is 47.2. The number of nitrogens with zero attached hydrogens (tertiary/aromatic N) is 2. The molecule has 7 rings (SSSR count). The first-order valence-corrected chi connectivity index (χ1v) is 11.9. The summed E-state index contributed by atoms with van der Waals surface area (Å²) in [5, 5.41) is 5.07. The van der Waals surface area contributed by atoms with E-state index in [1.165, 1.54) is 32.7 Å². The fourth-order valence-corrected chi connectivity index (χ4v) is 5.17. The van der Waals surface area contributed by atoms with Crippen molar-refractivity contribution in [2.24, 2.45) is 0 Å². The summed E-state index contributed by atoms with van der Waals surface area (Å²) in [5.74, 6) is 0.951. The average molecular weight is 447 g/mol. The largest absolute Gasteiger partial charge is 0.292 e. The molecule has 0 spiro atoms. The molecule has 2 nitrogen and oxygen atoms in total. The number of aromatic nitrogens is 2. The number of imidazole rings is 1. The normalized spacial score (nSPS) is 11.4. The minimum Gasteiger partial charge on any atom is -0.292 e. The molecule has 0 unspecified atom stereocenters. The van der Waals surface area contributed by atoms with Crippen LogP contribution < -0.4 is 0 Å². The van der Waals surface area contributed by atoms with E-state index in [9.17, 15) is 0 Å². The zero-order valence-corrected chi connectivity index (χ0v) is 19.1. The molecule has 0 aliphatic rings. The molecule has 2 heteroatoms. The predicted molar refractivity (Wildman–Crippen MR) is 147 cm³/mol. The van der Waals surface area contributed by atoms with Crippen LogP contribution in [0.4, 0.5) is 0 Å². The van der Waals surface area contributed by atoms with Gasteiger partial charge in [0, 0.05) is 11.3 Å². The molecule has 0 aliphatic carbocycles. The van der Waals surface area contributed by atoms with Crippen LogP contribution in [0.2, 0.25) is 0 Å². The van der Waals surface area contributed by atoms with Crippen molar-refractivity contribution in [2.75, 3.05) is 0 Å². The van der Waals surface area contributed by atoms with Gasteiger partial charge in [0.1, 0.15) is 5.82 Å². The number of hydrogen-bond acceptors (Lipinski definition) is 1. The van der Waals surface area contributed by atoms with Crippen LogP contribution in [0.5, 0.6) is 0 Å². The first-order valence-electron chi connectivity index (χ1n) is 11.9. The van der Waals surface area contributed by atoms with E-state index in [1.54, 1.807) is 0 Å². The van der Waals surface area contributed by atoms with E-state index in [2.05, 4.69) is 126 Å². The van der Waals surface area contributed by atoms with Crippen LogP contribution in [0.3, 0.4) is 0 Å². The Hall–Kier alpha value is -4.69. The first-order chi connectivity index (χ1) is 17.4. The van der Waals surface area contributed by atoms with Gasteiger partial charge in [-0.2, -0.15) is 0 Å². The van der Waals surface area contributed by atoms with Gasteiger partial charge in [-0.15, -0.1) is 0 Å². The fourth-order valence-electron chi connectivity index (χ4n) is 5.17. The highest BCUT2D eigenvalue weighted by atomic mass is 15.1. The molecule has 0 atom stereocenters. The molecular formula is C33H22N2. The van der Waals surface area contributed by atoms with Crippen molar-refractivity contribution in [3.63, 3.8) is 0 Å². The van der Waals surface area contributed by atoms with Crippen molar-refractivity contribution in [1.29, 1.82) is 0 Å². The van der Waals surface area contributed by atoms with Gasteiger partial charge in [0.15, 0.2) is 0 Å². The van der Waals surface area contributed by atoms with Gasteiger partial charge in [0.25, 0.3) is 0 Å². The summed E-state index contributed by atoms with van der Waals surface area (Å²) in [7, 11) is 0. The van der Waals surface area contributed by atoms with Gasteiger partial charge in [0.2, 0.25) is 0 Å². The maximum absolute atomic E-state index is 5.02. The van der Waals surface area contributed by atoms with Crippen LogP contribution in [-0.4, -0.2) is 9.55 Å². The molecule has 7 aromatic rings. The Bertz CT molecular complexity index is 1770. The zero-order valence-electron chi connectivity index (χ0n) is 19.1. The predicted octanol–water partition coefficient (Wildman–Crippen LogP) is 8.67. The van der Waals surface area contributed by atoms with E-state index in [4.69, 9.17) is 4.98 Å². The summed E-state index contributed by atoms with van der Waals surface area (Å²) in [6.07, 6.45) is 0. The van der Waals surface area contributed by atoms with Gasteiger partial charge >= 0.3 is 0 Å². The third kappa shape index (κ3) is 3.23. The maximum atomic E-state index is 5.02. The summed E-state index contributed by atoms with van der Waals surface area (Å²) in [5.41, 5.74) is 6.80. The lowest BCUT2D eigenvalue weighted by Gasteiger charge is -2.13. The highest BCUT2D eigenvalue weighted by Gasteiger charge is 2.15. The number of hydrogen-bond donors (Lipinski definition) is 0. The van der Waals surface area contributed by atoms with E-state index in [0.717, 1.165) is 28.1 Å². The van der Waals surface area contributed by atoms with Gasteiger partial charge in [0.05, 0.1) is 11.0 Å². The summed E-state index contributed by atoms with van der Waals surface area (Å²) < 4.78 is 2.25. The van der Waals surface area contributed by atoms with E-state index >= 15 is 0 Å². The summed E-state index contributed by atoms with van der Waals surface area (Å²) in [6.45, 7) is 0. The van der Waals surface area contributed by atoms with Crippen molar-refractivity contribution in [3.8, 4) is 28.2 Å². The molecule has 0 fully saturated rings. The smallest absolute Gasteiger partial charge is 0.145 e. The third-order valence-electron chi connectivity index (χ3n) is 6.78. The molecule has 0 saturated carbocycles. The molecule has 1 aromatic heterocycles. The van der Waals surface area contributed by atoms with Crippen LogP contribution >= 0.6 is 0 Å². The SMILES string of the molecule is c1ccc(-n2c(-c3ccc(-c4c5ccccc5cc5ccccc45)cc3)nc3ccccc32)cc1. The van der Waals surface area contributed by atoms with Crippen LogP contribution in [-0.2, 0) is 0 Å². The Morgan fingerprint density at radius 3 is 1.77 bits per heavy atom. The zero-order chi connectivity index (χ0) is 23.2. The number of rotatable bonds is 3. The molecule has 0 saturated heterocycles. The molecule has 0 N–H and O–H groups in total. The topological polar surface area (TPSA) is 17.8 Å². The number of para-hydroxylation sites is 3. The van der Waals surface area contributed by atoms with Crippen LogP contribution in [0.1, 0.15) is 0 Å². The second-order valence-corrected chi connectivity index (χ2v) is 8.87. The highest BCUT2D eigenvalue weighted by Crippen LogP contribution is 2.37. The standard InChI is InChI=1S/C33H22N2/c1-2-12-27(13-3-1)35-31-17-9-8-16-30(31)34-33(35)24-20-18-23(19-21-24)32-28-14-6-4-10-25(28)22-26-11-5-7-15-29(26)32/h1-22H. The minimum atomic E-state index is 0.951. The van der Waals surface area contributed by atoms with E-state index in [0.29, 0.717) is 0 Å². The van der Waals surface area contributed by atoms with Gasteiger partial charge < -0.3 is 0 Å². The van der Waals surface area contributed by atoms with Crippen molar-refractivity contribution >= 4 is 32.6 Å². The third-order valence-corrected chi connectivity index (χ3v) is 6.78. The molecular weight excluding hydrogens is 424 g/mol. The Morgan fingerprint density at radius 1 is 0.486 bits per heavy atom. The molecule has 164 valence electrons. The lowest BCUT2D eigenvalue weighted by Crippen LogP contribution is -1.97. The summed E-state index contributed by atoms with van der Waals surface area (Å²) in [4.78, 5) is 5.02. The van der Waals surface area contributed by atoms with Crippen molar-refractivity contribution in [2.45, 2.75) is 0 Å². The van der Waals surface area contributed by atoms with Crippen LogP contribution in [0.15, 0.2) is 133 Å². The van der Waals surface area contributed by atoms with Gasteiger partial charge in [-0.25, -0.2) is 4.98 Å². The van der Waals surface area contributed by atoms with Crippen molar-refractivity contribution in [1.82, 2.24) is 9.55 Å². The van der Waals surface area contributed by atoms with Crippen molar-refractivity contribution in [3.05, 3.63) is 133 Å². The Morgan fingerprint density at radius 2 is 1.06 bits per heavy atom. The van der Waals surface area contributed by atoms with Crippen LogP contribution in [0.25, 0.3) is 60.8 Å². The molecule has 0 amide bonds. The fraction of sp³-hybridized carbons (Fsp3) is 0. The quantitative estimate of drug-likeness (QED) is 0.248. The number of benzene rings is 6. The maximum Gasteiger partial charge on any atom is 0.145 e. The van der Waals surface area contributed by atoms with E-state index < -0.39 is 0 Å². The second-order valence-electron chi connectivity index (χ2n) is 8.87. The highest BCUT2D eigenvalue weighted by molar-refractivity contribution is 6.12. The molecule has 35 heavy (non-hydrogen) atoms. The number of fused-ring (bicyclic) bond motifs is 3. The van der Waals surface area contributed by atoms with E-state index in [-0.39, 0.29) is 0 Å². The first kappa shape index (κ1) is 19.7. The average Bonchev–Trinajstić information content (AvgIpc) is 3.32. The van der Waals surface area contributed by atoms with Gasteiger partial charge in [-0.1, -0.05) is 103 Å². The lowest BCUT2D eigenvalue weighted by atomic mass is 9.92. The molecule has 0 aliphatic heterocycles.